The largest absolute Gasteiger partial charge is 0.416 e. The summed E-state index contributed by atoms with van der Waals surface area (Å²) in [6, 6.07) is 12.2. The van der Waals surface area contributed by atoms with Crippen molar-refractivity contribution in [3.63, 3.8) is 0 Å². The van der Waals surface area contributed by atoms with Gasteiger partial charge in [0.1, 0.15) is 0 Å². The molecule has 12 heteroatoms. The Balaban J connectivity index is 0.000000381. The molecule has 0 radical (unpaired) electrons. The van der Waals surface area contributed by atoms with Crippen LogP contribution in [0.2, 0.25) is 0 Å². The maximum atomic E-state index is 12.7. The lowest BCUT2D eigenvalue weighted by Gasteiger charge is -2.38. The predicted octanol–water partition coefficient (Wildman–Crippen LogP) is 7.32. The van der Waals surface area contributed by atoms with Gasteiger partial charge in [-0.3, -0.25) is 9.80 Å². The second kappa shape index (κ2) is 15.4. The molecule has 228 valence electrons. The molecule has 2 aromatic carbocycles. The zero-order valence-corrected chi connectivity index (χ0v) is 24.9. The first kappa shape index (κ1) is 36.1. The monoisotopic (exact) mass is 616 g/mol. The molecule has 0 amide bonds. The lowest BCUT2D eigenvalue weighted by molar-refractivity contribution is -0.138. The van der Waals surface area contributed by atoms with Gasteiger partial charge in [0, 0.05) is 75.8 Å². The Kier molecular flexibility index (Phi) is 13.9. The summed E-state index contributed by atoms with van der Waals surface area (Å²) in [5.41, 5.74) is 0.184. The summed E-state index contributed by atoms with van der Waals surface area (Å²) in [6.07, 6.45) is -8.54. The number of rotatable bonds is 4. The van der Waals surface area contributed by atoms with Crippen LogP contribution in [0.3, 0.4) is 0 Å². The van der Waals surface area contributed by atoms with Crippen LogP contribution >= 0.6 is 24.8 Å². The van der Waals surface area contributed by atoms with Gasteiger partial charge in [-0.1, -0.05) is 12.1 Å². The molecular weight excluding hydrogens is 577 g/mol. The van der Waals surface area contributed by atoms with Gasteiger partial charge >= 0.3 is 12.4 Å². The van der Waals surface area contributed by atoms with E-state index in [0.717, 1.165) is 64.5 Å². The van der Waals surface area contributed by atoms with Crippen molar-refractivity contribution in [3.05, 3.63) is 59.7 Å². The summed E-state index contributed by atoms with van der Waals surface area (Å²) in [5, 5.41) is 0. The summed E-state index contributed by atoms with van der Waals surface area (Å²) >= 11 is 0. The van der Waals surface area contributed by atoms with Crippen LogP contribution in [0.4, 0.5) is 37.7 Å². The van der Waals surface area contributed by atoms with E-state index in [1.54, 1.807) is 12.1 Å². The smallest absolute Gasteiger partial charge is 0.369 e. The molecule has 4 nitrogen and oxygen atoms in total. The second-order valence-corrected chi connectivity index (χ2v) is 10.3. The topological polar surface area (TPSA) is 13.0 Å². The summed E-state index contributed by atoms with van der Waals surface area (Å²) < 4.78 is 76.1. The molecule has 0 aliphatic carbocycles. The molecule has 0 unspecified atom stereocenters. The Morgan fingerprint density at radius 1 is 0.525 bits per heavy atom. The Bertz CT molecular complexity index is 935. The van der Waals surface area contributed by atoms with Crippen molar-refractivity contribution in [1.82, 2.24) is 9.80 Å². The zero-order valence-electron chi connectivity index (χ0n) is 23.3. The Hall–Kier alpha value is -1.88. The SMILES string of the molecule is CC(C)N1CCN(c2cccc(C(F)(F)F)c2)CC1.CC(C)N1CCN(c2cccc(C(F)(F)F)c2)CC1.Cl.Cl. The minimum atomic E-state index is -4.27. The van der Waals surface area contributed by atoms with Gasteiger partial charge in [-0.2, -0.15) is 26.3 Å². The van der Waals surface area contributed by atoms with E-state index in [-0.39, 0.29) is 24.8 Å². The molecule has 2 aliphatic heterocycles. The highest BCUT2D eigenvalue weighted by Crippen LogP contribution is 2.33. The highest BCUT2D eigenvalue weighted by atomic mass is 35.5. The first-order valence-corrected chi connectivity index (χ1v) is 13.1. The highest BCUT2D eigenvalue weighted by molar-refractivity contribution is 5.85. The number of nitrogens with zero attached hydrogens (tertiary/aromatic N) is 4. The molecule has 0 atom stereocenters. The Morgan fingerprint density at radius 3 is 1.07 bits per heavy atom. The Labute approximate surface area is 246 Å². The van der Waals surface area contributed by atoms with Crippen LogP contribution in [0.1, 0.15) is 38.8 Å². The number of hydrogen-bond donors (Lipinski definition) is 0. The van der Waals surface area contributed by atoms with E-state index in [9.17, 15) is 26.3 Å². The average Bonchev–Trinajstić information content (AvgIpc) is 2.88. The minimum Gasteiger partial charge on any atom is -0.369 e. The van der Waals surface area contributed by atoms with Crippen molar-refractivity contribution in [3.8, 4) is 0 Å². The lowest BCUT2D eigenvalue weighted by Crippen LogP contribution is -2.48. The van der Waals surface area contributed by atoms with Crippen molar-refractivity contribution in [2.45, 2.75) is 52.1 Å². The molecule has 0 N–H and O–H groups in total. The quantitative estimate of drug-likeness (QED) is 0.334. The van der Waals surface area contributed by atoms with Crippen LogP contribution in [0, 0.1) is 0 Å². The van der Waals surface area contributed by atoms with Crippen LogP contribution in [0.15, 0.2) is 48.5 Å². The highest BCUT2D eigenvalue weighted by Gasteiger charge is 2.32. The number of anilines is 2. The van der Waals surface area contributed by atoms with Crippen molar-refractivity contribution >= 4 is 36.2 Å². The lowest BCUT2D eigenvalue weighted by atomic mass is 10.1. The van der Waals surface area contributed by atoms with Crippen LogP contribution < -0.4 is 9.80 Å². The Morgan fingerprint density at radius 2 is 0.825 bits per heavy atom. The van der Waals surface area contributed by atoms with E-state index in [1.165, 1.54) is 24.3 Å². The van der Waals surface area contributed by atoms with Gasteiger partial charge in [-0.05, 0) is 64.1 Å². The van der Waals surface area contributed by atoms with E-state index in [4.69, 9.17) is 0 Å². The summed E-state index contributed by atoms with van der Waals surface area (Å²) in [7, 11) is 0. The van der Waals surface area contributed by atoms with Crippen LogP contribution in [-0.4, -0.2) is 74.2 Å². The van der Waals surface area contributed by atoms with Crippen LogP contribution in [0.5, 0.6) is 0 Å². The van der Waals surface area contributed by atoms with Gasteiger partial charge in [0.05, 0.1) is 11.1 Å². The van der Waals surface area contributed by atoms with Crippen molar-refractivity contribution in [1.29, 1.82) is 0 Å². The third-order valence-electron chi connectivity index (χ3n) is 7.17. The number of alkyl halides is 6. The van der Waals surface area contributed by atoms with Crippen LogP contribution in [-0.2, 0) is 12.4 Å². The molecule has 0 aromatic heterocycles. The minimum absolute atomic E-state index is 0. The average molecular weight is 618 g/mol. The van der Waals surface area contributed by atoms with Gasteiger partial charge in [0.25, 0.3) is 0 Å². The molecule has 2 fully saturated rings. The predicted molar refractivity (Wildman–Crippen MR) is 155 cm³/mol. The first-order chi connectivity index (χ1) is 17.8. The zero-order chi connectivity index (χ0) is 28.1. The van der Waals surface area contributed by atoms with E-state index in [1.807, 2.05) is 9.80 Å². The fourth-order valence-electron chi connectivity index (χ4n) is 4.75. The fraction of sp³-hybridized carbons (Fsp3) is 0.571. The van der Waals surface area contributed by atoms with Crippen molar-refractivity contribution in [2.24, 2.45) is 0 Å². The van der Waals surface area contributed by atoms with E-state index < -0.39 is 23.5 Å². The van der Waals surface area contributed by atoms with Gasteiger partial charge in [-0.25, -0.2) is 0 Å². The summed E-state index contributed by atoms with van der Waals surface area (Å²) in [6.45, 7) is 15.3. The third-order valence-corrected chi connectivity index (χ3v) is 7.17. The summed E-state index contributed by atoms with van der Waals surface area (Å²) in [4.78, 5) is 8.72. The third kappa shape index (κ3) is 10.2. The first-order valence-electron chi connectivity index (χ1n) is 13.1. The molecule has 2 aliphatic rings. The number of piperazine rings is 2. The second-order valence-electron chi connectivity index (χ2n) is 10.3. The maximum absolute atomic E-state index is 12.7. The number of halogens is 8. The number of benzene rings is 2. The van der Waals surface area contributed by atoms with Crippen molar-refractivity contribution in [2.75, 3.05) is 62.2 Å². The maximum Gasteiger partial charge on any atom is 0.416 e. The molecule has 2 heterocycles. The van der Waals surface area contributed by atoms with Gasteiger partial charge in [-0.15, -0.1) is 24.8 Å². The van der Waals surface area contributed by atoms with Gasteiger partial charge in [0.15, 0.2) is 0 Å². The molecular formula is C28H40Cl2F6N4. The van der Waals surface area contributed by atoms with Crippen LogP contribution in [0.25, 0.3) is 0 Å². The molecule has 40 heavy (non-hydrogen) atoms. The van der Waals surface area contributed by atoms with Crippen molar-refractivity contribution < 1.29 is 26.3 Å². The number of hydrogen-bond acceptors (Lipinski definition) is 4. The molecule has 0 spiro atoms. The molecule has 4 rings (SSSR count). The normalized spacial score (nSPS) is 17.2. The molecule has 0 bridgehead atoms. The fourth-order valence-corrected chi connectivity index (χ4v) is 4.75. The van der Waals surface area contributed by atoms with Gasteiger partial charge in [0.2, 0.25) is 0 Å². The standard InChI is InChI=1S/2C14H19F3N2.2ClH/c2*1-11(2)18-6-8-19(9-7-18)13-5-3-4-12(10-13)14(15,16)17;;/h2*3-5,10-11H,6-9H2,1-2H3;2*1H. The molecule has 2 aromatic rings. The molecule has 0 saturated carbocycles. The van der Waals surface area contributed by atoms with E-state index in [0.29, 0.717) is 23.5 Å². The van der Waals surface area contributed by atoms with E-state index >= 15 is 0 Å². The summed E-state index contributed by atoms with van der Waals surface area (Å²) in [5.74, 6) is 0. The van der Waals surface area contributed by atoms with E-state index in [2.05, 4.69) is 37.5 Å². The molecule has 2 saturated heterocycles. The van der Waals surface area contributed by atoms with Gasteiger partial charge < -0.3 is 9.80 Å².